The zero-order chi connectivity index (χ0) is 11.4. The molecule has 0 aliphatic rings. The van der Waals surface area contributed by atoms with E-state index >= 15 is 0 Å². The predicted octanol–water partition coefficient (Wildman–Crippen LogP) is 4.11. The first-order valence-corrected chi connectivity index (χ1v) is 5.02. The third-order valence-corrected chi connectivity index (χ3v) is 2.16. The smallest absolute Gasteiger partial charge is 0.143 e. The van der Waals surface area contributed by atoms with E-state index in [1.807, 2.05) is 43.3 Å². The van der Waals surface area contributed by atoms with Crippen LogP contribution in [0.1, 0.15) is 5.56 Å². The molecule has 4 heteroatoms. The van der Waals surface area contributed by atoms with Crippen molar-refractivity contribution in [1.82, 2.24) is 0 Å². The quantitative estimate of drug-likeness (QED) is 0.650. The molecule has 0 unspecified atom stereocenters. The van der Waals surface area contributed by atoms with Gasteiger partial charge in [0.2, 0.25) is 0 Å². The number of azo groups is 1. The van der Waals surface area contributed by atoms with Crippen LogP contribution in [0.4, 0.5) is 11.4 Å². The molecule has 0 spiro atoms. The van der Waals surface area contributed by atoms with Crippen molar-refractivity contribution in [1.29, 1.82) is 0 Å². The fourth-order valence-corrected chi connectivity index (χ4v) is 1.32. The minimum atomic E-state index is 0. The zero-order valence-electron chi connectivity index (χ0n) is 9.26. The minimum absolute atomic E-state index is 0. The second kappa shape index (κ2) is 6.18. The molecule has 0 heterocycles. The number of rotatable bonds is 2. The number of aromatic hydroxyl groups is 1. The van der Waals surface area contributed by atoms with Crippen molar-refractivity contribution in [2.45, 2.75) is 6.92 Å². The molecule has 2 rings (SSSR count). The Balaban J connectivity index is 0.00000144. The first-order valence-electron chi connectivity index (χ1n) is 5.02. The summed E-state index contributed by atoms with van der Waals surface area (Å²) in [6, 6.07) is 14.7. The molecule has 0 atom stereocenters. The molecule has 17 heavy (non-hydrogen) atoms. The van der Waals surface area contributed by atoms with Gasteiger partial charge in [-0.3, -0.25) is 0 Å². The summed E-state index contributed by atoms with van der Waals surface area (Å²) in [6.45, 7) is 1.91. The normalized spacial score (nSPS) is 10.2. The van der Waals surface area contributed by atoms with Gasteiger partial charge >= 0.3 is 0 Å². The first kappa shape index (κ1) is 13.4. The Morgan fingerprint density at radius 2 is 1.65 bits per heavy atom. The summed E-state index contributed by atoms with van der Waals surface area (Å²) in [5, 5.41) is 17.6. The SMILES string of the molecule is Cc1ccc(/N=N/c2ccccc2)c(O)c1.[Cu]. The van der Waals surface area contributed by atoms with E-state index in [-0.39, 0.29) is 22.8 Å². The number of phenols is 1. The van der Waals surface area contributed by atoms with E-state index in [0.717, 1.165) is 11.3 Å². The fourth-order valence-electron chi connectivity index (χ4n) is 1.32. The molecule has 0 aliphatic carbocycles. The number of nitrogens with zero attached hydrogens (tertiary/aromatic N) is 2. The van der Waals surface area contributed by atoms with Crippen LogP contribution in [-0.2, 0) is 17.1 Å². The molecule has 3 nitrogen and oxygen atoms in total. The molecule has 0 fully saturated rings. The number of phenolic OH excluding ortho intramolecular Hbond substituents is 1. The molecule has 1 N–H and O–H groups in total. The van der Waals surface area contributed by atoms with Crippen molar-refractivity contribution in [3.05, 3.63) is 54.1 Å². The van der Waals surface area contributed by atoms with Crippen LogP contribution in [0.25, 0.3) is 0 Å². The Bertz CT molecular complexity index is 512. The summed E-state index contributed by atoms with van der Waals surface area (Å²) < 4.78 is 0. The van der Waals surface area contributed by atoms with Crippen LogP contribution in [0.2, 0.25) is 0 Å². The number of aryl methyl sites for hydroxylation is 1. The molecule has 91 valence electrons. The van der Waals surface area contributed by atoms with E-state index < -0.39 is 0 Å². The zero-order valence-corrected chi connectivity index (χ0v) is 10.2. The van der Waals surface area contributed by atoms with E-state index in [9.17, 15) is 5.11 Å². The van der Waals surface area contributed by atoms with Crippen molar-refractivity contribution in [2.75, 3.05) is 0 Å². The summed E-state index contributed by atoms with van der Waals surface area (Å²) in [5.74, 6) is 0.152. The van der Waals surface area contributed by atoms with E-state index in [1.165, 1.54) is 0 Å². The Morgan fingerprint density at radius 3 is 2.29 bits per heavy atom. The number of hydrogen-bond acceptors (Lipinski definition) is 3. The largest absolute Gasteiger partial charge is 0.506 e. The van der Waals surface area contributed by atoms with Gasteiger partial charge in [-0.15, -0.1) is 5.11 Å². The van der Waals surface area contributed by atoms with Gasteiger partial charge in [-0.2, -0.15) is 5.11 Å². The van der Waals surface area contributed by atoms with Gasteiger partial charge in [0.25, 0.3) is 0 Å². The van der Waals surface area contributed by atoms with Crippen molar-refractivity contribution >= 4 is 11.4 Å². The second-order valence-corrected chi connectivity index (χ2v) is 3.53. The second-order valence-electron chi connectivity index (χ2n) is 3.53. The van der Waals surface area contributed by atoms with E-state index in [4.69, 9.17) is 0 Å². The van der Waals surface area contributed by atoms with Gasteiger partial charge in [-0.25, -0.2) is 0 Å². The molecule has 0 saturated carbocycles. The van der Waals surface area contributed by atoms with Crippen LogP contribution < -0.4 is 0 Å². The number of benzene rings is 2. The summed E-state index contributed by atoms with van der Waals surface area (Å²) in [5.41, 5.74) is 2.24. The van der Waals surface area contributed by atoms with Gasteiger partial charge in [-0.1, -0.05) is 24.3 Å². The standard InChI is InChI=1S/C13H12N2O.Cu/c1-10-7-8-12(13(16)9-10)15-14-11-5-3-2-4-6-11;/h2-9,16H,1H3;/b15-14+;. The maximum absolute atomic E-state index is 9.62. The van der Waals surface area contributed by atoms with Crippen LogP contribution in [0, 0.1) is 6.92 Å². The molecule has 0 saturated heterocycles. The first-order chi connectivity index (χ1) is 7.75. The van der Waals surface area contributed by atoms with E-state index in [1.54, 1.807) is 12.1 Å². The Morgan fingerprint density at radius 1 is 0.941 bits per heavy atom. The van der Waals surface area contributed by atoms with Gasteiger partial charge in [0.1, 0.15) is 11.4 Å². The van der Waals surface area contributed by atoms with Crippen molar-refractivity contribution in [2.24, 2.45) is 10.2 Å². The summed E-state index contributed by atoms with van der Waals surface area (Å²) >= 11 is 0. The maximum atomic E-state index is 9.62. The third kappa shape index (κ3) is 3.70. The van der Waals surface area contributed by atoms with Gasteiger partial charge < -0.3 is 5.11 Å². The molecule has 0 amide bonds. The summed E-state index contributed by atoms with van der Waals surface area (Å²) in [4.78, 5) is 0. The Kier molecular flexibility index (Phi) is 4.88. The van der Waals surface area contributed by atoms with Crippen LogP contribution in [0.5, 0.6) is 5.75 Å². The average Bonchev–Trinajstić information content (AvgIpc) is 2.29. The average molecular weight is 276 g/mol. The molecule has 2 aromatic rings. The molecule has 0 aliphatic heterocycles. The molecule has 0 bridgehead atoms. The monoisotopic (exact) mass is 275 g/mol. The van der Waals surface area contributed by atoms with E-state index in [0.29, 0.717) is 5.69 Å². The van der Waals surface area contributed by atoms with E-state index in [2.05, 4.69) is 10.2 Å². The van der Waals surface area contributed by atoms with Gasteiger partial charge in [0, 0.05) is 17.1 Å². The molecule has 0 aromatic heterocycles. The third-order valence-electron chi connectivity index (χ3n) is 2.16. The minimum Gasteiger partial charge on any atom is -0.506 e. The summed E-state index contributed by atoms with van der Waals surface area (Å²) in [7, 11) is 0. The van der Waals surface area contributed by atoms with Crippen molar-refractivity contribution in [3.8, 4) is 5.75 Å². The van der Waals surface area contributed by atoms with Gasteiger partial charge in [-0.05, 0) is 36.8 Å². The summed E-state index contributed by atoms with van der Waals surface area (Å²) in [6.07, 6.45) is 0. The molecular formula is C13H12CuN2O. The topological polar surface area (TPSA) is 45.0 Å². The Hall–Kier alpha value is -1.64. The van der Waals surface area contributed by atoms with Crippen molar-refractivity contribution < 1.29 is 22.2 Å². The molecular weight excluding hydrogens is 264 g/mol. The molecule has 1 radical (unpaired) electrons. The van der Waals surface area contributed by atoms with Crippen LogP contribution in [-0.4, -0.2) is 5.11 Å². The Labute approximate surface area is 111 Å². The van der Waals surface area contributed by atoms with Gasteiger partial charge in [0.15, 0.2) is 0 Å². The molecule has 2 aromatic carbocycles. The fraction of sp³-hybridized carbons (Fsp3) is 0.0769. The number of hydrogen-bond donors (Lipinski definition) is 1. The van der Waals surface area contributed by atoms with Crippen LogP contribution in [0.3, 0.4) is 0 Å². The predicted molar refractivity (Wildman–Crippen MR) is 63.5 cm³/mol. The van der Waals surface area contributed by atoms with Crippen LogP contribution >= 0.6 is 0 Å². The van der Waals surface area contributed by atoms with Gasteiger partial charge in [0.05, 0.1) is 5.69 Å². The van der Waals surface area contributed by atoms with Crippen LogP contribution in [0.15, 0.2) is 58.8 Å². The maximum Gasteiger partial charge on any atom is 0.143 e. The van der Waals surface area contributed by atoms with Crippen molar-refractivity contribution in [3.63, 3.8) is 0 Å².